The average molecular weight is 713 g/mol. The van der Waals surface area contributed by atoms with Crippen molar-refractivity contribution in [2.24, 2.45) is 0 Å². The number of hydrogen-bond donors (Lipinski definition) is 4. The fourth-order valence-corrected chi connectivity index (χ4v) is 8.20. The number of H-pyrrole nitrogens is 1. The van der Waals surface area contributed by atoms with Gasteiger partial charge in [-0.15, -0.1) is 11.3 Å². The summed E-state index contributed by atoms with van der Waals surface area (Å²) in [6.07, 6.45) is 2.95. The van der Waals surface area contributed by atoms with E-state index in [2.05, 4.69) is 73.6 Å². The van der Waals surface area contributed by atoms with E-state index in [0.717, 1.165) is 21.7 Å². The predicted octanol–water partition coefficient (Wildman–Crippen LogP) is 5.73. The van der Waals surface area contributed by atoms with Crippen LogP contribution >= 0.6 is 35.3 Å². The molecule has 0 bridgehead atoms. The van der Waals surface area contributed by atoms with Gasteiger partial charge in [0.15, 0.2) is 5.65 Å². The van der Waals surface area contributed by atoms with Crippen LogP contribution in [0, 0.1) is 0 Å². The number of alkyl carbamates (subject to hydrolysis) is 1. The summed E-state index contributed by atoms with van der Waals surface area (Å²) < 4.78 is 11.8. The second kappa shape index (κ2) is 13.1. The predicted molar refractivity (Wildman–Crippen MR) is 197 cm³/mol. The number of nitrogens with two attached hydrogens (primary N) is 1. The average Bonchev–Trinajstić information content (AvgIpc) is 3.84. The number of likely N-dealkylation sites (N-methyl/N-ethyl adjacent to an activating group) is 1. The number of thioether (sulfide) groups is 1. The highest BCUT2D eigenvalue weighted by Crippen LogP contribution is 2.53. The summed E-state index contributed by atoms with van der Waals surface area (Å²) in [5, 5.41) is 5.49. The molecule has 0 atom stereocenters. The minimum Gasteiger partial charge on any atom is -0.471 e. The number of thiophene rings is 1. The highest BCUT2D eigenvalue weighted by atomic mass is 32.2. The number of benzene rings is 2. The number of thiocarbonyl (C=S) groups is 1. The van der Waals surface area contributed by atoms with Gasteiger partial charge in [0.25, 0.3) is 5.91 Å². The Morgan fingerprint density at radius 1 is 1.12 bits per heavy atom. The number of imidazole rings is 1. The first kappa shape index (κ1) is 32.6. The van der Waals surface area contributed by atoms with Crippen molar-refractivity contribution in [3.8, 4) is 16.3 Å². The van der Waals surface area contributed by atoms with Gasteiger partial charge in [0.1, 0.15) is 23.1 Å². The van der Waals surface area contributed by atoms with Gasteiger partial charge in [-0.2, -0.15) is 9.97 Å². The molecule has 5 N–H and O–H groups in total. The van der Waals surface area contributed by atoms with Crippen LogP contribution in [0.25, 0.3) is 27.7 Å². The number of anilines is 2. The maximum absolute atomic E-state index is 12.4. The number of rotatable bonds is 10. The van der Waals surface area contributed by atoms with Gasteiger partial charge < -0.3 is 35.7 Å². The van der Waals surface area contributed by atoms with Gasteiger partial charge in [-0.3, -0.25) is 4.79 Å². The van der Waals surface area contributed by atoms with Crippen LogP contribution in [0.4, 0.5) is 16.4 Å². The fourth-order valence-electron chi connectivity index (χ4n) is 5.79. The Morgan fingerprint density at radius 2 is 1.92 bits per heavy atom. The number of nitrogens with one attached hydrogen (secondary N) is 3. The number of amides is 2. The van der Waals surface area contributed by atoms with E-state index in [-0.39, 0.29) is 30.5 Å². The number of ether oxygens (including phenoxy) is 2. The summed E-state index contributed by atoms with van der Waals surface area (Å²) in [5.74, 6) is 0.281. The minimum absolute atomic E-state index is 0.0899. The molecule has 7 rings (SSSR count). The Kier molecular flexibility index (Phi) is 8.73. The molecule has 0 spiro atoms. The van der Waals surface area contributed by atoms with Crippen LogP contribution in [0.2, 0.25) is 0 Å². The smallest absolute Gasteiger partial charge is 0.407 e. The zero-order valence-corrected chi connectivity index (χ0v) is 29.3. The third kappa shape index (κ3) is 6.69. The molecule has 1 fully saturated rings. The molecule has 2 amide bonds. The number of carbonyl (C=O) groups excluding carboxylic acids is 2. The highest BCUT2D eigenvalue weighted by molar-refractivity contribution is 8.26. The normalized spacial score (nSPS) is 15.3. The maximum atomic E-state index is 12.4. The fraction of sp³-hybridized carbons (Fsp3) is 0.235. The van der Waals surface area contributed by atoms with Gasteiger partial charge in [0.2, 0.25) is 11.8 Å². The molecule has 3 aromatic heterocycles. The van der Waals surface area contributed by atoms with E-state index >= 15 is 0 Å². The quantitative estimate of drug-likeness (QED) is 0.103. The Labute approximate surface area is 295 Å². The number of hydrogen-bond acceptors (Lipinski definition) is 12. The van der Waals surface area contributed by atoms with Crippen LogP contribution in [-0.2, 0) is 28.1 Å². The van der Waals surface area contributed by atoms with Crippen LogP contribution in [0.1, 0.15) is 41.0 Å². The Hall–Kier alpha value is -4.99. The maximum Gasteiger partial charge on any atom is 0.407 e. The first-order chi connectivity index (χ1) is 23.5. The van der Waals surface area contributed by atoms with Crippen molar-refractivity contribution in [2.75, 3.05) is 30.8 Å². The van der Waals surface area contributed by atoms with E-state index < -0.39 is 6.09 Å². The van der Waals surface area contributed by atoms with E-state index in [0.29, 0.717) is 39.4 Å². The minimum atomic E-state index is -0.480. The second-order valence-electron chi connectivity index (χ2n) is 12.1. The Bertz CT molecular complexity index is 2140. The van der Waals surface area contributed by atoms with E-state index in [1.165, 1.54) is 39.7 Å². The molecule has 12 nitrogen and oxygen atoms in total. The molecular formula is C34H32N8O4S3. The lowest BCUT2D eigenvalue weighted by molar-refractivity contribution is -0.115. The summed E-state index contributed by atoms with van der Waals surface area (Å²) in [5.41, 5.74) is 13.2. The second-order valence-corrected chi connectivity index (χ2v) is 14.9. The zero-order valence-electron chi connectivity index (χ0n) is 26.8. The third-order valence-corrected chi connectivity index (χ3v) is 10.7. The zero-order chi connectivity index (χ0) is 34.3. The molecule has 1 aliphatic heterocycles. The van der Waals surface area contributed by atoms with E-state index in [1.807, 2.05) is 37.4 Å². The van der Waals surface area contributed by atoms with Gasteiger partial charge in [0, 0.05) is 34.4 Å². The molecule has 0 saturated carbocycles. The lowest BCUT2D eigenvalue weighted by Crippen LogP contribution is -2.29. The van der Waals surface area contributed by atoms with E-state index in [4.69, 9.17) is 27.4 Å². The van der Waals surface area contributed by atoms with Crippen molar-refractivity contribution in [1.29, 1.82) is 0 Å². The molecule has 1 aliphatic carbocycles. The van der Waals surface area contributed by atoms with Crippen molar-refractivity contribution < 1.29 is 19.1 Å². The van der Waals surface area contributed by atoms with Gasteiger partial charge in [-0.25, -0.2) is 9.78 Å². The molecule has 49 heavy (non-hydrogen) atoms. The monoisotopic (exact) mass is 712 g/mol. The largest absolute Gasteiger partial charge is 0.471 e. The van der Waals surface area contributed by atoms with Crippen LogP contribution in [-0.4, -0.2) is 56.5 Å². The number of fused-ring (bicyclic) bond motifs is 4. The number of aromatic amines is 1. The summed E-state index contributed by atoms with van der Waals surface area (Å²) in [6, 6.07) is 16.3. The lowest BCUT2D eigenvalue weighted by Gasteiger charge is -2.24. The molecule has 4 heterocycles. The van der Waals surface area contributed by atoms with Crippen molar-refractivity contribution in [2.45, 2.75) is 32.4 Å². The molecule has 2 aromatic carbocycles. The SMILES string of the molecule is CN(CCOC(=O)NCc1ccc(COc2nc(N)nc3nc[nH]c23)cc1)c1ccc2c(c1)C(C)(C)c1cc(/C=C3\SC(=S)NC3=O)sc1-2. The van der Waals surface area contributed by atoms with Gasteiger partial charge in [-0.05, 0) is 52.1 Å². The lowest BCUT2D eigenvalue weighted by atomic mass is 9.82. The van der Waals surface area contributed by atoms with Gasteiger partial charge in [0.05, 0.1) is 17.8 Å². The molecule has 5 aromatic rings. The summed E-state index contributed by atoms with van der Waals surface area (Å²) in [7, 11) is 1.99. The molecule has 250 valence electrons. The molecule has 2 aliphatic rings. The Balaban J connectivity index is 0.888. The highest BCUT2D eigenvalue weighted by Gasteiger charge is 2.38. The van der Waals surface area contributed by atoms with Gasteiger partial charge in [-0.1, -0.05) is 68.2 Å². The number of nitrogen functional groups attached to an aromatic ring is 1. The van der Waals surface area contributed by atoms with Crippen LogP contribution in [0.3, 0.4) is 0 Å². The molecule has 15 heteroatoms. The Morgan fingerprint density at radius 3 is 2.69 bits per heavy atom. The van der Waals surface area contributed by atoms with Crippen LogP contribution in [0.15, 0.2) is 59.8 Å². The van der Waals surface area contributed by atoms with Crippen LogP contribution < -0.4 is 26.0 Å². The number of aromatic nitrogens is 4. The number of nitrogens with zero attached hydrogens (tertiary/aromatic N) is 4. The topological polar surface area (TPSA) is 160 Å². The molecular weight excluding hydrogens is 681 g/mol. The summed E-state index contributed by atoms with van der Waals surface area (Å²) in [4.78, 5) is 44.8. The molecule has 0 unspecified atom stereocenters. The van der Waals surface area contributed by atoms with E-state index in [1.54, 1.807) is 11.3 Å². The van der Waals surface area contributed by atoms with Crippen molar-refractivity contribution in [1.82, 2.24) is 30.6 Å². The molecule has 0 radical (unpaired) electrons. The first-order valence-corrected chi connectivity index (χ1v) is 17.4. The van der Waals surface area contributed by atoms with Crippen molar-refractivity contribution >= 4 is 80.5 Å². The molecule has 1 saturated heterocycles. The van der Waals surface area contributed by atoms with Crippen molar-refractivity contribution in [3.05, 3.63) is 86.9 Å². The van der Waals surface area contributed by atoms with E-state index in [9.17, 15) is 9.59 Å². The first-order valence-electron chi connectivity index (χ1n) is 15.4. The summed E-state index contributed by atoms with van der Waals surface area (Å²) >= 11 is 8.11. The van der Waals surface area contributed by atoms with Crippen LogP contribution in [0.5, 0.6) is 5.88 Å². The standard InChI is InChI=1S/C34H32N8O4S3/c1-34(2)23-12-20(8-9-22(23)27-24(34)13-21(48-27)14-25-29(43)40-33(47)49-25)42(3)10-11-45-32(44)36-15-18-4-6-19(7-5-18)16-46-30-26-28(38-17-37-26)39-31(35)41-30/h4-9,12-14,17H,10-11,15-16H2,1-3H3,(H,36,44)(H,40,43,47)(H3,35,37,38,39,41)/b25-14-. The van der Waals surface area contributed by atoms with Gasteiger partial charge >= 0.3 is 6.09 Å². The van der Waals surface area contributed by atoms with Crippen molar-refractivity contribution in [3.63, 3.8) is 0 Å². The third-order valence-electron chi connectivity index (χ3n) is 8.47. The summed E-state index contributed by atoms with van der Waals surface area (Å²) in [6.45, 7) is 5.82. The number of carbonyl (C=O) groups is 2.